The number of anilines is 1. The van der Waals surface area contributed by atoms with Crippen LogP contribution < -0.4 is 5.32 Å². The maximum atomic E-state index is 12.9. The van der Waals surface area contributed by atoms with Crippen LogP contribution in [0.5, 0.6) is 0 Å². The molecule has 0 unspecified atom stereocenters. The van der Waals surface area contributed by atoms with E-state index >= 15 is 0 Å². The highest BCUT2D eigenvalue weighted by molar-refractivity contribution is 6.33. The number of hydrogen-bond acceptors (Lipinski definition) is 1. The van der Waals surface area contributed by atoms with Gasteiger partial charge in [0.15, 0.2) is 0 Å². The molecule has 88 valence electrons. The van der Waals surface area contributed by atoms with Crippen LogP contribution in [0.2, 0.25) is 10.0 Å². The molecule has 1 N–H and O–H groups in total. The fraction of sp³-hybridized carbons (Fsp3) is 0.0769. The van der Waals surface area contributed by atoms with E-state index in [1.807, 2.05) is 0 Å². The Hall–Kier alpha value is -1.25. The van der Waals surface area contributed by atoms with Crippen molar-refractivity contribution in [3.63, 3.8) is 0 Å². The standard InChI is InChI=1S/C13H10Cl2FN/c14-10-4-5-13(15)9(6-10)8-17-12-3-1-2-11(16)7-12/h1-7,17H,8H2. The molecule has 0 spiro atoms. The van der Waals surface area contributed by atoms with E-state index in [9.17, 15) is 4.39 Å². The molecule has 0 aromatic heterocycles. The minimum Gasteiger partial charge on any atom is -0.381 e. The number of hydrogen-bond donors (Lipinski definition) is 1. The van der Waals surface area contributed by atoms with Crippen LogP contribution in [0.3, 0.4) is 0 Å². The molecule has 0 bridgehead atoms. The Morgan fingerprint density at radius 3 is 2.65 bits per heavy atom. The Balaban J connectivity index is 2.09. The van der Waals surface area contributed by atoms with E-state index in [1.165, 1.54) is 12.1 Å². The highest BCUT2D eigenvalue weighted by Gasteiger charge is 2.01. The molecule has 17 heavy (non-hydrogen) atoms. The van der Waals surface area contributed by atoms with Crippen LogP contribution >= 0.6 is 23.2 Å². The van der Waals surface area contributed by atoms with Crippen molar-refractivity contribution in [3.05, 3.63) is 63.9 Å². The first-order chi connectivity index (χ1) is 8.15. The molecule has 4 heteroatoms. The van der Waals surface area contributed by atoms with Crippen LogP contribution in [0.1, 0.15) is 5.56 Å². The molecule has 0 aliphatic rings. The maximum absolute atomic E-state index is 12.9. The summed E-state index contributed by atoms with van der Waals surface area (Å²) in [5.41, 5.74) is 1.59. The molecule has 2 rings (SSSR count). The van der Waals surface area contributed by atoms with Gasteiger partial charge >= 0.3 is 0 Å². The van der Waals surface area contributed by atoms with Gasteiger partial charge in [0.2, 0.25) is 0 Å². The molecule has 1 nitrogen and oxygen atoms in total. The number of nitrogens with one attached hydrogen (secondary N) is 1. The summed E-state index contributed by atoms with van der Waals surface area (Å²) in [6.45, 7) is 0.503. The molecule has 0 aliphatic carbocycles. The monoisotopic (exact) mass is 269 g/mol. The van der Waals surface area contributed by atoms with Gasteiger partial charge in [-0.1, -0.05) is 29.3 Å². The Morgan fingerprint density at radius 1 is 1.06 bits per heavy atom. The second kappa shape index (κ2) is 5.39. The van der Waals surface area contributed by atoms with E-state index < -0.39 is 0 Å². The zero-order valence-electron chi connectivity index (χ0n) is 8.88. The second-order valence-electron chi connectivity index (χ2n) is 3.60. The van der Waals surface area contributed by atoms with Crippen molar-refractivity contribution < 1.29 is 4.39 Å². The van der Waals surface area contributed by atoms with Gasteiger partial charge in [-0.15, -0.1) is 0 Å². The SMILES string of the molecule is Fc1cccc(NCc2cc(Cl)ccc2Cl)c1. The van der Waals surface area contributed by atoms with Crippen LogP contribution in [-0.2, 0) is 6.54 Å². The third-order valence-electron chi connectivity index (χ3n) is 2.32. The van der Waals surface area contributed by atoms with Crippen molar-refractivity contribution in [2.45, 2.75) is 6.54 Å². The normalized spacial score (nSPS) is 10.3. The van der Waals surface area contributed by atoms with Crippen LogP contribution in [0.4, 0.5) is 10.1 Å². The molecular weight excluding hydrogens is 260 g/mol. The highest BCUT2D eigenvalue weighted by Crippen LogP contribution is 2.21. The van der Waals surface area contributed by atoms with Gasteiger partial charge in [0, 0.05) is 22.3 Å². The quantitative estimate of drug-likeness (QED) is 0.849. The summed E-state index contributed by atoms with van der Waals surface area (Å²) in [5.74, 6) is -0.271. The minimum atomic E-state index is -0.271. The number of halogens is 3. The molecule has 0 saturated carbocycles. The minimum absolute atomic E-state index is 0.271. The lowest BCUT2D eigenvalue weighted by Crippen LogP contribution is -2.00. The molecule has 0 amide bonds. The van der Waals surface area contributed by atoms with Crippen LogP contribution in [-0.4, -0.2) is 0 Å². The van der Waals surface area contributed by atoms with Crippen molar-refractivity contribution >= 4 is 28.9 Å². The zero-order valence-corrected chi connectivity index (χ0v) is 10.4. The van der Waals surface area contributed by atoms with Gasteiger partial charge in [0.1, 0.15) is 5.82 Å². The Morgan fingerprint density at radius 2 is 1.88 bits per heavy atom. The van der Waals surface area contributed by atoms with Crippen molar-refractivity contribution in [1.82, 2.24) is 0 Å². The average molecular weight is 270 g/mol. The molecule has 0 atom stereocenters. The third-order valence-corrected chi connectivity index (χ3v) is 2.92. The van der Waals surface area contributed by atoms with E-state index in [1.54, 1.807) is 30.3 Å². The highest BCUT2D eigenvalue weighted by atomic mass is 35.5. The predicted octanol–water partition coefficient (Wildman–Crippen LogP) is 4.74. The summed E-state index contributed by atoms with van der Waals surface area (Å²) in [6, 6.07) is 11.5. The maximum Gasteiger partial charge on any atom is 0.125 e. The molecule has 0 radical (unpaired) electrons. The van der Waals surface area contributed by atoms with Crippen molar-refractivity contribution in [2.75, 3.05) is 5.32 Å². The molecule has 0 saturated heterocycles. The summed E-state index contributed by atoms with van der Waals surface area (Å²) in [7, 11) is 0. The van der Waals surface area contributed by atoms with Crippen molar-refractivity contribution in [2.24, 2.45) is 0 Å². The van der Waals surface area contributed by atoms with Crippen LogP contribution in [0.25, 0.3) is 0 Å². The Kier molecular flexibility index (Phi) is 3.87. The lowest BCUT2D eigenvalue weighted by atomic mass is 10.2. The van der Waals surface area contributed by atoms with Gasteiger partial charge in [0.05, 0.1) is 0 Å². The molecule has 0 aliphatic heterocycles. The second-order valence-corrected chi connectivity index (χ2v) is 4.44. The van der Waals surface area contributed by atoms with E-state index in [0.29, 0.717) is 22.3 Å². The largest absolute Gasteiger partial charge is 0.381 e. The van der Waals surface area contributed by atoms with E-state index in [4.69, 9.17) is 23.2 Å². The number of rotatable bonds is 3. The van der Waals surface area contributed by atoms with Crippen molar-refractivity contribution in [3.8, 4) is 0 Å². The first-order valence-electron chi connectivity index (χ1n) is 5.08. The van der Waals surface area contributed by atoms with Crippen LogP contribution in [0.15, 0.2) is 42.5 Å². The smallest absolute Gasteiger partial charge is 0.125 e. The zero-order chi connectivity index (χ0) is 12.3. The lowest BCUT2D eigenvalue weighted by Gasteiger charge is -2.08. The predicted molar refractivity (Wildman–Crippen MR) is 70.2 cm³/mol. The fourth-order valence-electron chi connectivity index (χ4n) is 1.47. The summed E-state index contributed by atoms with van der Waals surface area (Å²) in [5, 5.41) is 4.35. The van der Waals surface area contributed by atoms with Gasteiger partial charge in [0.25, 0.3) is 0 Å². The molecule has 0 fully saturated rings. The van der Waals surface area contributed by atoms with Gasteiger partial charge in [-0.2, -0.15) is 0 Å². The van der Waals surface area contributed by atoms with Gasteiger partial charge in [-0.3, -0.25) is 0 Å². The van der Waals surface area contributed by atoms with E-state index in [-0.39, 0.29) is 5.82 Å². The molecular formula is C13H10Cl2FN. The summed E-state index contributed by atoms with van der Waals surface area (Å²) in [6.07, 6.45) is 0. The first-order valence-corrected chi connectivity index (χ1v) is 5.84. The third kappa shape index (κ3) is 3.35. The van der Waals surface area contributed by atoms with E-state index in [0.717, 1.165) is 5.56 Å². The first kappa shape index (κ1) is 12.2. The Labute approximate surface area is 109 Å². The van der Waals surface area contributed by atoms with Gasteiger partial charge in [-0.05, 0) is 42.0 Å². The molecule has 2 aromatic rings. The van der Waals surface area contributed by atoms with Gasteiger partial charge < -0.3 is 5.32 Å². The van der Waals surface area contributed by atoms with E-state index in [2.05, 4.69) is 5.32 Å². The van der Waals surface area contributed by atoms with Crippen molar-refractivity contribution in [1.29, 1.82) is 0 Å². The topological polar surface area (TPSA) is 12.0 Å². The average Bonchev–Trinajstić information content (AvgIpc) is 2.30. The number of benzene rings is 2. The Bertz CT molecular complexity index is 529. The van der Waals surface area contributed by atoms with Crippen LogP contribution in [0, 0.1) is 5.82 Å². The molecule has 0 heterocycles. The summed E-state index contributed by atoms with van der Waals surface area (Å²) in [4.78, 5) is 0. The fourth-order valence-corrected chi connectivity index (χ4v) is 1.85. The lowest BCUT2D eigenvalue weighted by molar-refractivity contribution is 0.628. The summed E-state index contributed by atoms with van der Waals surface area (Å²) < 4.78 is 12.9. The van der Waals surface area contributed by atoms with Gasteiger partial charge in [-0.25, -0.2) is 4.39 Å². The molecule has 2 aromatic carbocycles. The summed E-state index contributed by atoms with van der Waals surface area (Å²) >= 11 is 11.9.